The molecule has 2 aromatic carbocycles. The molecule has 1 nitrogen and oxygen atoms in total. The fourth-order valence-corrected chi connectivity index (χ4v) is 2.31. The summed E-state index contributed by atoms with van der Waals surface area (Å²) in [5, 5.41) is 0.687. The minimum atomic E-state index is 0.672. The van der Waals surface area contributed by atoms with Crippen LogP contribution in [0.3, 0.4) is 0 Å². The van der Waals surface area contributed by atoms with E-state index in [0.717, 1.165) is 28.5 Å². The van der Waals surface area contributed by atoms with Crippen LogP contribution in [-0.2, 0) is 0 Å². The van der Waals surface area contributed by atoms with Crippen molar-refractivity contribution in [2.24, 2.45) is 0 Å². The molecule has 0 spiro atoms. The van der Waals surface area contributed by atoms with Crippen LogP contribution >= 0.6 is 11.6 Å². The van der Waals surface area contributed by atoms with Gasteiger partial charge in [0, 0.05) is 16.1 Å². The molecule has 0 radical (unpaired) electrons. The Morgan fingerprint density at radius 3 is 2.28 bits per heavy atom. The van der Waals surface area contributed by atoms with Crippen LogP contribution in [0.5, 0.6) is 0 Å². The van der Waals surface area contributed by atoms with Crippen molar-refractivity contribution in [1.29, 1.82) is 0 Å². The lowest BCUT2D eigenvalue weighted by Crippen LogP contribution is -1.92. The Balaban J connectivity index is 2.72. The van der Waals surface area contributed by atoms with Gasteiger partial charge in [-0.15, -0.1) is 0 Å². The number of rotatable bonds is 2. The fraction of sp³-hybridized carbons (Fsp3) is 0.188. The fourth-order valence-electron chi connectivity index (χ4n) is 1.99. The molecule has 0 bridgehead atoms. The lowest BCUT2D eigenvalue weighted by molar-refractivity contribution is 0.112. The molecule has 0 saturated heterocycles. The van der Waals surface area contributed by atoms with Crippen LogP contribution in [0.15, 0.2) is 30.3 Å². The van der Waals surface area contributed by atoms with Crippen molar-refractivity contribution < 1.29 is 4.79 Å². The molecule has 0 saturated carbocycles. The van der Waals surface area contributed by atoms with Gasteiger partial charge >= 0.3 is 0 Å². The van der Waals surface area contributed by atoms with E-state index in [0.29, 0.717) is 10.6 Å². The Kier molecular flexibility index (Phi) is 3.53. The summed E-state index contributed by atoms with van der Waals surface area (Å²) in [6, 6.07) is 9.76. The summed E-state index contributed by atoms with van der Waals surface area (Å²) in [7, 11) is 0. The van der Waals surface area contributed by atoms with Gasteiger partial charge in [-0.25, -0.2) is 0 Å². The van der Waals surface area contributed by atoms with Gasteiger partial charge in [0.25, 0.3) is 0 Å². The van der Waals surface area contributed by atoms with Crippen molar-refractivity contribution in [3.8, 4) is 11.1 Å². The molecular formula is C16H15ClO. The summed E-state index contributed by atoms with van der Waals surface area (Å²) in [6.45, 7) is 6.08. The SMILES string of the molecule is Cc1ccc(C=O)c(-c2cc(C)c(C)cc2Cl)c1. The third kappa shape index (κ3) is 2.32. The number of aldehydes is 1. The van der Waals surface area contributed by atoms with E-state index in [-0.39, 0.29) is 0 Å². The van der Waals surface area contributed by atoms with Gasteiger partial charge in [0.1, 0.15) is 0 Å². The zero-order chi connectivity index (χ0) is 13.3. The standard InChI is InChI=1S/C16H15ClO/c1-10-4-5-13(9-18)14(6-10)15-7-11(2)12(3)8-16(15)17/h4-9H,1-3H3. The molecule has 0 amide bonds. The van der Waals surface area contributed by atoms with Crippen molar-refractivity contribution in [2.75, 3.05) is 0 Å². The summed E-state index contributed by atoms with van der Waals surface area (Å²) in [6.07, 6.45) is 0.875. The number of halogens is 1. The lowest BCUT2D eigenvalue weighted by Gasteiger charge is -2.11. The molecule has 2 heteroatoms. The normalized spacial score (nSPS) is 10.4. The van der Waals surface area contributed by atoms with Gasteiger partial charge in [-0.3, -0.25) is 4.79 Å². The number of carbonyl (C=O) groups excluding carboxylic acids is 1. The first-order chi connectivity index (χ1) is 8.52. The van der Waals surface area contributed by atoms with E-state index in [1.165, 1.54) is 5.56 Å². The number of aryl methyl sites for hydroxylation is 3. The predicted molar refractivity (Wildman–Crippen MR) is 76.5 cm³/mol. The van der Waals surface area contributed by atoms with E-state index in [1.54, 1.807) is 0 Å². The van der Waals surface area contributed by atoms with Crippen molar-refractivity contribution in [2.45, 2.75) is 20.8 Å². The van der Waals surface area contributed by atoms with Crippen molar-refractivity contribution in [3.05, 3.63) is 57.6 Å². The summed E-state index contributed by atoms with van der Waals surface area (Å²) >= 11 is 6.30. The van der Waals surface area contributed by atoms with Crippen LogP contribution in [0, 0.1) is 20.8 Å². The van der Waals surface area contributed by atoms with Crippen molar-refractivity contribution in [1.82, 2.24) is 0 Å². The van der Waals surface area contributed by atoms with Gasteiger partial charge in [-0.2, -0.15) is 0 Å². The second-order valence-electron chi connectivity index (χ2n) is 4.62. The molecule has 92 valence electrons. The van der Waals surface area contributed by atoms with E-state index in [1.807, 2.05) is 51.1 Å². The highest BCUT2D eigenvalue weighted by Crippen LogP contribution is 2.32. The zero-order valence-electron chi connectivity index (χ0n) is 10.8. The molecule has 18 heavy (non-hydrogen) atoms. The average Bonchev–Trinajstić information content (AvgIpc) is 2.34. The second-order valence-corrected chi connectivity index (χ2v) is 5.03. The molecule has 0 aromatic heterocycles. The molecule has 2 rings (SSSR count). The highest BCUT2D eigenvalue weighted by Gasteiger charge is 2.10. The van der Waals surface area contributed by atoms with Crippen LogP contribution in [0.4, 0.5) is 0 Å². The van der Waals surface area contributed by atoms with Gasteiger partial charge < -0.3 is 0 Å². The Morgan fingerprint density at radius 1 is 0.944 bits per heavy atom. The Bertz CT molecular complexity index is 615. The van der Waals surface area contributed by atoms with Gasteiger partial charge in [0.2, 0.25) is 0 Å². The topological polar surface area (TPSA) is 17.1 Å². The summed E-state index contributed by atoms with van der Waals surface area (Å²) in [5.41, 5.74) is 5.94. The first kappa shape index (κ1) is 12.8. The third-order valence-corrected chi connectivity index (χ3v) is 3.52. The van der Waals surface area contributed by atoms with Crippen LogP contribution in [-0.4, -0.2) is 6.29 Å². The highest BCUT2D eigenvalue weighted by atomic mass is 35.5. The second kappa shape index (κ2) is 4.95. The molecule has 0 N–H and O–H groups in total. The largest absolute Gasteiger partial charge is 0.298 e. The van der Waals surface area contributed by atoms with Gasteiger partial charge in [-0.05, 0) is 49.6 Å². The lowest BCUT2D eigenvalue weighted by atomic mass is 9.95. The maximum Gasteiger partial charge on any atom is 0.150 e. The molecule has 0 atom stereocenters. The first-order valence-electron chi connectivity index (χ1n) is 5.86. The van der Waals surface area contributed by atoms with Crippen molar-refractivity contribution in [3.63, 3.8) is 0 Å². The summed E-state index contributed by atoms with van der Waals surface area (Å²) < 4.78 is 0. The maximum atomic E-state index is 11.1. The summed E-state index contributed by atoms with van der Waals surface area (Å²) in [4.78, 5) is 11.1. The van der Waals surface area contributed by atoms with E-state index >= 15 is 0 Å². The average molecular weight is 259 g/mol. The summed E-state index contributed by atoms with van der Waals surface area (Å²) in [5.74, 6) is 0. The van der Waals surface area contributed by atoms with E-state index in [9.17, 15) is 4.79 Å². The predicted octanol–water partition coefficient (Wildman–Crippen LogP) is 4.74. The zero-order valence-corrected chi connectivity index (χ0v) is 11.5. The highest BCUT2D eigenvalue weighted by molar-refractivity contribution is 6.33. The molecule has 0 aliphatic rings. The maximum absolute atomic E-state index is 11.1. The van der Waals surface area contributed by atoms with E-state index < -0.39 is 0 Å². The minimum absolute atomic E-state index is 0.672. The van der Waals surface area contributed by atoms with Crippen LogP contribution < -0.4 is 0 Å². The van der Waals surface area contributed by atoms with Gasteiger partial charge in [0.05, 0.1) is 0 Å². The number of carbonyl (C=O) groups is 1. The van der Waals surface area contributed by atoms with Crippen LogP contribution in [0.1, 0.15) is 27.0 Å². The van der Waals surface area contributed by atoms with E-state index in [4.69, 9.17) is 11.6 Å². The van der Waals surface area contributed by atoms with Gasteiger partial charge in [-0.1, -0.05) is 35.4 Å². The molecule has 0 heterocycles. The smallest absolute Gasteiger partial charge is 0.150 e. The minimum Gasteiger partial charge on any atom is -0.298 e. The number of benzene rings is 2. The molecule has 0 unspecified atom stereocenters. The van der Waals surface area contributed by atoms with E-state index in [2.05, 4.69) is 0 Å². The van der Waals surface area contributed by atoms with Crippen LogP contribution in [0.25, 0.3) is 11.1 Å². The van der Waals surface area contributed by atoms with Crippen LogP contribution in [0.2, 0.25) is 5.02 Å². The Morgan fingerprint density at radius 2 is 1.61 bits per heavy atom. The number of hydrogen-bond acceptors (Lipinski definition) is 1. The van der Waals surface area contributed by atoms with Gasteiger partial charge in [0.15, 0.2) is 6.29 Å². The molecule has 2 aromatic rings. The molecule has 0 aliphatic carbocycles. The Hall–Kier alpha value is -1.60. The molecule has 0 fully saturated rings. The Labute approximate surface area is 112 Å². The first-order valence-corrected chi connectivity index (χ1v) is 6.23. The molecule has 0 aliphatic heterocycles. The monoisotopic (exact) mass is 258 g/mol. The quantitative estimate of drug-likeness (QED) is 0.711. The number of hydrogen-bond donors (Lipinski definition) is 0. The molecular weight excluding hydrogens is 244 g/mol. The third-order valence-electron chi connectivity index (χ3n) is 3.21. The van der Waals surface area contributed by atoms with Crippen molar-refractivity contribution >= 4 is 17.9 Å².